The van der Waals surface area contributed by atoms with Crippen molar-refractivity contribution in [2.75, 3.05) is 33.3 Å². The summed E-state index contributed by atoms with van der Waals surface area (Å²) in [5.74, 6) is 0.294. The molecule has 2 rings (SSSR count). The van der Waals surface area contributed by atoms with E-state index in [0.29, 0.717) is 31.6 Å². The van der Waals surface area contributed by atoms with Crippen molar-refractivity contribution < 1.29 is 14.3 Å². The fraction of sp³-hybridized carbons (Fsp3) is 0.556. The number of benzene rings is 1. The highest BCUT2D eigenvalue weighted by Crippen LogP contribution is 2.17. The summed E-state index contributed by atoms with van der Waals surface area (Å²) >= 11 is 0. The average Bonchev–Trinajstić information content (AvgIpc) is 2.64. The molecule has 0 bridgehead atoms. The van der Waals surface area contributed by atoms with Crippen molar-refractivity contribution in [3.63, 3.8) is 0 Å². The highest BCUT2D eigenvalue weighted by Gasteiger charge is 2.25. The van der Waals surface area contributed by atoms with Crippen molar-refractivity contribution in [1.29, 1.82) is 0 Å². The van der Waals surface area contributed by atoms with Gasteiger partial charge in [-0.25, -0.2) is 0 Å². The van der Waals surface area contributed by atoms with Crippen LogP contribution in [-0.2, 0) is 9.53 Å². The van der Waals surface area contributed by atoms with Gasteiger partial charge < -0.3 is 20.7 Å². The molecule has 1 aromatic carbocycles. The van der Waals surface area contributed by atoms with Crippen LogP contribution < -0.4 is 11.1 Å². The second-order valence-electron chi connectivity index (χ2n) is 6.22. The molecule has 3 N–H and O–H groups in total. The highest BCUT2D eigenvalue weighted by atomic mass is 35.5. The van der Waals surface area contributed by atoms with E-state index in [0.717, 1.165) is 19.4 Å². The molecule has 2 atom stereocenters. The van der Waals surface area contributed by atoms with Crippen LogP contribution in [0.15, 0.2) is 30.3 Å². The lowest BCUT2D eigenvalue weighted by Gasteiger charge is -2.33. The maximum absolute atomic E-state index is 12.3. The summed E-state index contributed by atoms with van der Waals surface area (Å²) in [7, 11) is 1.57. The summed E-state index contributed by atoms with van der Waals surface area (Å²) in [4.78, 5) is 26.3. The number of hydrogen-bond acceptors (Lipinski definition) is 4. The van der Waals surface area contributed by atoms with Gasteiger partial charge in [0.25, 0.3) is 5.91 Å². The molecule has 1 aromatic rings. The second kappa shape index (κ2) is 11.1. The number of rotatable bonds is 7. The van der Waals surface area contributed by atoms with Crippen LogP contribution in [0.3, 0.4) is 0 Å². The lowest BCUT2D eigenvalue weighted by molar-refractivity contribution is -0.135. The van der Waals surface area contributed by atoms with E-state index in [9.17, 15) is 9.59 Å². The Labute approximate surface area is 155 Å². The Kier molecular flexibility index (Phi) is 9.49. The van der Waals surface area contributed by atoms with Gasteiger partial charge in [-0.15, -0.1) is 12.4 Å². The van der Waals surface area contributed by atoms with Gasteiger partial charge >= 0.3 is 0 Å². The monoisotopic (exact) mass is 369 g/mol. The van der Waals surface area contributed by atoms with E-state index >= 15 is 0 Å². The van der Waals surface area contributed by atoms with E-state index < -0.39 is 0 Å². The van der Waals surface area contributed by atoms with E-state index in [-0.39, 0.29) is 36.2 Å². The number of carbonyl (C=O) groups excluding carboxylic acids is 2. The highest BCUT2D eigenvalue weighted by molar-refractivity contribution is 5.94. The number of halogens is 1. The van der Waals surface area contributed by atoms with Crippen molar-refractivity contribution in [3.05, 3.63) is 35.9 Å². The molecule has 1 saturated heterocycles. The molecular formula is C18H28ClN3O3. The zero-order valence-corrected chi connectivity index (χ0v) is 15.5. The van der Waals surface area contributed by atoms with Gasteiger partial charge in [0.1, 0.15) is 0 Å². The van der Waals surface area contributed by atoms with Crippen molar-refractivity contribution in [1.82, 2.24) is 10.2 Å². The fourth-order valence-electron chi connectivity index (χ4n) is 2.97. The minimum Gasteiger partial charge on any atom is -0.380 e. The van der Waals surface area contributed by atoms with Gasteiger partial charge in [0.05, 0.1) is 12.5 Å². The van der Waals surface area contributed by atoms with Crippen LogP contribution in [-0.4, -0.2) is 56.1 Å². The summed E-state index contributed by atoms with van der Waals surface area (Å²) in [6.45, 7) is 2.37. The first-order valence-electron chi connectivity index (χ1n) is 8.48. The summed E-state index contributed by atoms with van der Waals surface area (Å²) in [6.07, 6.45) is 2.06. The van der Waals surface area contributed by atoms with Gasteiger partial charge in [0.2, 0.25) is 5.91 Å². The molecule has 140 valence electrons. The minimum absolute atomic E-state index is 0. The average molecular weight is 370 g/mol. The quantitative estimate of drug-likeness (QED) is 0.761. The number of hydrogen-bond donors (Lipinski definition) is 2. The molecule has 1 heterocycles. The Balaban J connectivity index is 0.00000312. The topological polar surface area (TPSA) is 84.7 Å². The minimum atomic E-state index is -0.226. The van der Waals surface area contributed by atoms with E-state index in [4.69, 9.17) is 10.5 Å². The van der Waals surface area contributed by atoms with E-state index in [1.54, 1.807) is 19.2 Å². The SMILES string of the molecule is COC(CN)CC(=O)N1CCCC(CNC(=O)c2ccccc2)C1.Cl. The first-order valence-corrected chi connectivity index (χ1v) is 8.48. The number of nitrogens with zero attached hydrogens (tertiary/aromatic N) is 1. The maximum atomic E-state index is 12.3. The number of carbonyl (C=O) groups is 2. The summed E-state index contributed by atoms with van der Waals surface area (Å²) in [5.41, 5.74) is 6.24. The number of nitrogens with one attached hydrogen (secondary N) is 1. The number of nitrogens with two attached hydrogens (primary N) is 1. The summed E-state index contributed by atoms with van der Waals surface area (Å²) in [6, 6.07) is 9.17. The van der Waals surface area contributed by atoms with Gasteiger partial charge in [-0.3, -0.25) is 9.59 Å². The molecule has 0 radical (unpaired) electrons. The summed E-state index contributed by atoms with van der Waals surface area (Å²) < 4.78 is 5.19. The fourth-order valence-corrected chi connectivity index (χ4v) is 2.97. The van der Waals surface area contributed by atoms with Gasteiger partial charge in [-0.2, -0.15) is 0 Å². The van der Waals surface area contributed by atoms with Crippen molar-refractivity contribution in [2.45, 2.75) is 25.4 Å². The zero-order chi connectivity index (χ0) is 17.4. The first-order chi connectivity index (χ1) is 11.6. The third-order valence-electron chi connectivity index (χ3n) is 4.46. The molecule has 2 unspecified atom stereocenters. The Bertz CT molecular complexity index is 538. The van der Waals surface area contributed by atoms with Crippen molar-refractivity contribution >= 4 is 24.2 Å². The zero-order valence-electron chi connectivity index (χ0n) is 14.6. The summed E-state index contributed by atoms with van der Waals surface area (Å²) in [5, 5.41) is 2.97. The largest absolute Gasteiger partial charge is 0.380 e. The van der Waals surface area contributed by atoms with Gasteiger partial charge in [-0.1, -0.05) is 18.2 Å². The number of ether oxygens (including phenoxy) is 1. The van der Waals surface area contributed by atoms with Crippen molar-refractivity contribution in [2.24, 2.45) is 11.7 Å². The lowest BCUT2D eigenvalue weighted by Crippen LogP contribution is -2.45. The third kappa shape index (κ3) is 6.65. The van der Waals surface area contributed by atoms with E-state index in [1.165, 1.54) is 0 Å². The molecule has 6 nitrogen and oxygen atoms in total. The van der Waals surface area contributed by atoms with Gasteiger partial charge in [0, 0.05) is 38.9 Å². The molecule has 1 aliphatic heterocycles. The van der Waals surface area contributed by atoms with Crippen LogP contribution in [0, 0.1) is 5.92 Å². The molecule has 0 spiro atoms. The van der Waals surface area contributed by atoms with Crippen LogP contribution >= 0.6 is 12.4 Å². The predicted molar refractivity (Wildman–Crippen MR) is 99.8 cm³/mol. The second-order valence-corrected chi connectivity index (χ2v) is 6.22. The molecule has 0 aromatic heterocycles. The van der Waals surface area contributed by atoms with Crippen LogP contribution in [0.25, 0.3) is 0 Å². The first kappa shape index (κ1) is 21.4. The normalized spacial score (nSPS) is 18.2. The smallest absolute Gasteiger partial charge is 0.251 e. The third-order valence-corrected chi connectivity index (χ3v) is 4.46. The number of likely N-dealkylation sites (tertiary alicyclic amines) is 1. The molecule has 0 saturated carbocycles. The number of methoxy groups -OCH3 is 1. The van der Waals surface area contributed by atoms with Crippen LogP contribution in [0.2, 0.25) is 0 Å². The number of amides is 2. The van der Waals surface area contributed by atoms with E-state index in [2.05, 4.69) is 5.32 Å². The molecule has 1 fully saturated rings. The predicted octanol–water partition coefficient (Wildman–Crippen LogP) is 1.44. The molecule has 7 heteroatoms. The number of piperidine rings is 1. The molecule has 2 amide bonds. The van der Waals surface area contributed by atoms with Crippen LogP contribution in [0.4, 0.5) is 0 Å². The maximum Gasteiger partial charge on any atom is 0.251 e. The van der Waals surface area contributed by atoms with E-state index in [1.807, 2.05) is 23.1 Å². The molecule has 25 heavy (non-hydrogen) atoms. The Hall–Kier alpha value is -1.63. The van der Waals surface area contributed by atoms with Gasteiger partial charge in [0.15, 0.2) is 0 Å². The molecule has 1 aliphatic rings. The Morgan fingerprint density at radius 1 is 1.36 bits per heavy atom. The van der Waals surface area contributed by atoms with Crippen LogP contribution in [0.5, 0.6) is 0 Å². The standard InChI is InChI=1S/C18H27N3O3.ClH/c1-24-16(11-19)10-17(22)21-9-5-6-14(13-21)12-20-18(23)15-7-3-2-4-8-15;/h2-4,7-8,14,16H,5-6,9-13,19H2,1H3,(H,20,23);1H. The molecule has 0 aliphatic carbocycles. The Morgan fingerprint density at radius 3 is 2.72 bits per heavy atom. The Morgan fingerprint density at radius 2 is 2.08 bits per heavy atom. The van der Waals surface area contributed by atoms with Crippen LogP contribution in [0.1, 0.15) is 29.6 Å². The van der Waals surface area contributed by atoms with Crippen molar-refractivity contribution in [3.8, 4) is 0 Å². The lowest BCUT2D eigenvalue weighted by atomic mass is 9.97. The van der Waals surface area contributed by atoms with Gasteiger partial charge in [-0.05, 0) is 30.9 Å². The molecular weight excluding hydrogens is 342 g/mol.